The molecule has 0 radical (unpaired) electrons. The monoisotopic (exact) mass is 255 g/mol. The first-order chi connectivity index (χ1) is 9.28. The summed E-state index contributed by atoms with van der Waals surface area (Å²) in [5.74, 6) is 5.65. The zero-order valence-corrected chi connectivity index (χ0v) is 11.3. The Morgan fingerprint density at radius 1 is 1.16 bits per heavy atom. The Labute approximate surface area is 114 Å². The molecule has 19 heavy (non-hydrogen) atoms. The third kappa shape index (κ3) is 4.47. The van der Waals surface area contributed by atoms with Gasteiger partial charge in [0.15, 0.2) is 0 Å². The smallest absolute Gasteiger partial charge is 0.0270 e. The van der Waals surface area contributed by atoms with Crippen molar-refractivity contribution in [3.63, 3.8) is 0 Å². The summed E-state index contributed by atoms with van der Waals surface area (Å²) < 4.78 is 0. The summed E-state index contributed by atoms with van der Waals surface area (Å²) in [5.41, 5.74) is 6.86. The highest BCUT2D eigenvalue weighted by molar-refractivity contribution is 5.22. The topological polar surface area (TPSA) is 50.9 Å². The second-order valence-corrected chi connectivity index (χ2v) is 4.95. The van der Waals surface area contributed by atoms with Gasteiger partial charge in [-0.3, -0.25) is 16.3 Å². The summed E-state index contributed by atoms with van der Waals surface area (Å²) >= 11 is 0. The molecular weight excluding hydrogens is 234 g/mol. The highest BCUT2D eigenvalue weighted by Crippen LogP contribution is 2.10. The first kappa shape index (κ1) is 13.7. The quantitative estimate of drug-likeness (QED) is 0.615. The highest BCUT2D eigenvalue weighted by atomic mass is 15.2. The van der Waals surface area contributed by atoms with Crippen LogP contribution in [0.5, 0.6) is 0 Å². The van der Waals surface area contributed by atoms with Crippen molar-refractivity contribution in [1.82, 2.24) is 10.4 Å². The average Bonchev–Trinajstić information content (AvgIpc) is 2.44. The third-order valence-corrected chi connectivity index (χ3v) is 3.33. The van der Waals surface area contributed by atoms with Crippen LogP contribution in [0, 0.1) is 6.92 Å². The molecule has 0 aliphatic carbocycles. The number of nitrogens with zero attached hydrogens (tertiary/aromatic N) is 1. The van der Waals surface area contributed by atoms with E-state index in [4.69, 9.17) is 5.84 Å². The molecule has 0 bridgehead atoms. The molecule has 0 saturated heterocycles. The van der Waals surface area contributed by atoms with Crippen molar-refractivity contribution in [2.24, 2.45) is 5.84 Å². The van der Waals surface area contributed by atoms with Gasteiger partial charge in [0.05, 0.1) is 0 Å². The fourth-order valence-electron chi connectivity index (χ4n) is 2.26. The number of aromatic nitrogens is 1. The number of rotatable bonds is 6. The molecule has 1 atom stereocenters. The third-order valence-electron chi connectivity index (χ3n) is 3.33. The van der Waals surface area contributed by atoms with Crippen LogP contribution in [-0.2, 0) is 12.8 Å². The van der Waals surface area contributed by atoms with Gasteiger partial charge in [0.2, 0.25) is 0 Å². The Balaban J connectivity index is 1.89. The fourth-order valence-corrected chi connectivity index (χ4v) is 2.26. The van der Waals surface area contributed by atoms with E-state index in [0.29, 0.717) is 6.04 Å². The van der Waals surface area contributed by atoms with Crippen molar-refractivity contribution in [3.05, 3.63) is 65.5 Å². The van der Waals surface area contributed by atoms with Gasteiger partial charge in [-0.2, -0.15) is 0 Å². The van der Waals surface area contributed by atoms with Crippen molar-refractivity contribution in [1.29, 1.82) is 0 Å². The van der Waals surface area contributed by atoms with E-state index in [1.54, 1.807) is 0 Å². The van der Waals surface area contributed by atoms with Gasteiger partial charge in [-0.25, -0.2) is 0 Å². The molecule has 0 aliphatic rings. The van der Waals surface area contributed by atoms with Gasteiger partial charge in [0.25, 0.3) is 0 Å². The molecule has 0 amide bonds. The number of nitrogens with two attached hydrogens (primary N) is 1. The summed E-state index contributed by atoms with van der Waals surface area (Å²) in [7, 11) is 0. The van der Waals surface area contributed by atoms with Crippen molar-refractivity contribution in [2.45, 2.75) is 32.2 Å². The molecule has 0 spiro atoms. The molecule has 0 saturated carbocycles. The number of hydrazine groups is 1. The fraction of sp³-hybridized carbons (Fsp3) is 0.312. The maximum absolute atomic E-state index is 5.65. The minimum Gasteiger partial charge on any atom is -0.271 e. The lowest BCUT2D eigenvalue weighted by atomic mass is 9.99. The minimum absolute atomic E-state index is 0.294. The van der Waals surface area contributed by atoms with Crippen LogP contribution in [0.4, 0.5) is 0 Å². The minimum atomic E-state index is 0.294. The summed E-state index contributed by atoms with van der Waals surface area (Å²) in [4.78, 5) is 4.03. The van der Waals surface area contributed by atoms with Gasteiger partial charge in [-0.05, 0) is 49.4 Å². The molecule has 2 aromatic rings. The van der Waals surface area contributed by atoms with Gasteiger partial charge in [-0.15, -0.1) is 0 Å². The standard InChI is InChI=1S/C16H21N3/c1-13-3-2-4-14(11-13)5-6-16(19-17)12-15-7-9-18-10-8-15/h2-4,7-11,16,19H,5-6,12,17H2,1H3. The first-order valence-corrected chi connectivity index (χ1v) is 6.68. The average molecular weight is 255 g/mol. The summed E-state index contributed by atoms with van der Waals surface area (Å²) in [6, 6.07) is 13.0. The summed E-state index contributed by atoms with van der Waals surface area (Å²) in [5, 5.41) is 0. The zero-order chi connectivity index (χ0) is 13.5. The van der Waals surface area contributed by atoms with Gasteiger partial charge in [0, 0.05) is 18.4 Å². The number of hydrogen-bond acceptors (Lipinski definition) is 3. The van der Waals surface area contributed by atoms with E-state index >= 15 is 0 Å². The van der Waals surface area contributed by atoms with Crippen molar-refractivity contribution >= 4 is 0 Å². The Morgan fingerprint density at radius 3 is 2.63 bits per heavy atom. The van der Waals surface area contributed by atoms with Gasteiger partial charge in [-0.1, -0.05) is 29.8 Å². The number of aryl methyl sites for hydroxylation is 2. The number of benzene rings is 1. The molecule has 1 aromatic carbocycles. The van der Waals surface area contributed by atoms with E-state index in [1.807, 2.05) is 24.5 Å². The number of pyridine rings is 1. The normalized spacial score (nSPS) is 12.3. The molecule has 0 aliphatic heterocycles. The Kier molecular flexibility index (Phi) is 5.07. The Morgan fingerprint density at radius 2 is 1.95 bits per heavy atom. The van der Waals surface area contributed by atoms with Crippen LogP contribution in [0.3, 0.4) is 0 Å². The van der Waals surface area contributed by atoms with Gasteiger partial charge >= 0.3 is 0 Å². The van der Waals surface area contributed by atoms with E-state index in [0.717, 1.165) is 19.3 Å². The molecule has 100 valence electrons. The van der Waals surface area contributed by atoms with E-state index < -0.39 is 0 Å². The molecule has 1 aromatic heterocycles. The summed E-state index contributed by atoms with van der Waals surface area (Å²) in [6.07, 6.45) is 6.65. The van der Waals surface area contributed by atoms with Crippen LogP contribution in [0.1, 0.15) is 23.1 Å². The van der Waals surface area contributed by atoms with Crippen molar-refractivity contribution < 1.29 is 0 Å². The Hall–Kier alpha value is -1.71. The van der Waals surface area contributed by atoms with Crippen LogP contribution in [0.25, 0.3) is 0 Å². The zero-order valence-electron chi connectivity index (χ0n) is 11.3. The predicted molar refractivity (Wildman–Crippen MR) is 78.6 cm³/mol. The van der Waals surface area contributed by atoms with E-state index in [-0.39, 0.29) is 0 Å². The Bertz CT molecular complexity index is 496. The van der Waals surface area contributed by atoms with E-state index in [2.05, 4.69) is 41.6 Å². The molecule has 2 rings (SSSR count). The van der Waals surface area contributed by atoms with Crippen molar-refractivity contribution in [2.75, 3.05) is 0 Å². The van der Waals surface area contributed by atoms with Crippen LogP contribution in [-0.4, -0.2) is 11.0 Å². The van der Waals surface area contributed by atoms with Gasteiger partial charge in [0.1, 0.15) is 0 Å². The van der Waals surface area contributed by atoms with Crippen molar-refractivity contribution in [3.8, 4) is 0 Å². The van der Waals surface area contributed by atoms with E-state index in [9.17, 15) is 0 Å². The number of nitrogens with one attached hydrogen (secondary N) is 1. The lowest BCUT2D eigenvalue weighted by Gasteiger charge is -2.16. The lowest BCUT2D eigenvalue weighted by molar-refractivity contribution is 0.491. The second-order valence-electron chi connectivity index (χ2n) is 4.95. The highest BCUT2D eigenvalue weighted by Gasteiger charge is 2.08. The van der Waals surface area contributed by atoms with Crippen LogP contribution >= 0.6 is 0 Å². The molecule has 1 unspecified atom stereocenters. The van der Waals surface area contributed by atoms with Gasteiger partial charge < -0.3 is 0 Å². The van der Waals surface area contributed by atoms with Crippen LogP contribution < -0.4 is 11.3 Å². The molecule has 3 heteroatoms. The van der Waals surface area contributed by atoms with Crippen LogP contribution in [0.2, 0.25) is 0 Å². The molecular formula is C16H21N3. The SMILES string of the molecule is Cc1cccc(CCC(Cc2ccncc2)NN)c1. The predicted octanol–water partition coefficient (Wildman–Crippen LogP) is 2.40. The molecule has 1 heterocycles. The van der Waals surface area contributed by atoms with Crippen LogP contribution in [0.15, 0.2) is 48.8 Å². The largest absolute Gasteiger partial charge is 0.271 e. The maximum Gasteiger partial charge on any atom is 0.0270 e. The molecule has 0 fully saturated rings. The molecule has 3 nitrogen and oxygen atoms in total. The summed E-state index contributed by atoms with van der Waals surface area (Å²) in [6.45, 7) is 2.12. The second kappa shape index (κ2) is 7.02. The first-order valence-electron chi connectivity index (χ1n) is 6.68. The van der Waals surface area contributed by atoms with E-state index in [1.165, 1.54) is 16.7 Å². The lowest BCUT2D eigenvalue weighted by Crippen LogP contribution is -2.37. The molecule has 3 N–H and O–H groups in total. The maximum atomic E-state index is 5.65. The number of hydrogen-bond donors (Lipinski definition) is 2.